The predicted octanol–water partition coefficient (Wildman–Crippen LogP) is 2.41. The Labute approximate surface area is 163 Å². The lowest BCUT2D eigenvalue weighted by Crippen LogP contribution is -2.24. The zero-order chi connectivity index (χ0) is 18.9. The first kappa shape index (κ1) is 16.8. The highest BCUT2D eigenvalue weighted by molar-refractivity contribution is 8.00. The van der Waals surface area contributed by atoms with E-state index in [9.17, 15) is 4.79 Å². The molecule has 0 aliphatic carbocycles. The van der Waals surface area contributed by atoms with Crippen LogP contribution in [0.4, 0.5) is 0 Å². The molecule has 3 heterocycles. The van der Waals surface area contributed by atoms with Crippen LogP contribution in [-0.2, 0) is 11.3 Å². The predicted molar refractivity (Wildman–Crippen MR) is 103 cm³/mol. The van der Waals surface area contributed by atoms with Gasteiger partial charge in [-0.3, -0.25) is 9.20 Å². The molecule has 5 rings (SSSR count). The van der Waals surface area contributed by atoms with Gasteiger partial charge in [-0.1, -0.05) is 30.0 Å². The van der Waals surface area contributed by atoms with Gasteiger partial charge in [-0.05, 0) is 29.8 Å². The van der Waals surface area contributed by atoms with Crippen molar-refractivity contribution in [1.29, 1.82) is 0 Å². The SMILES string of the molecule is O=C(CSc1nc2ccccc2n2cnnc12)NCc1ccc2c(c1)OCO2. The first-order chi connectivity index (χ1) is 13.8. The number of para-hydroxylation sites is 2. The topological polar surface area (TPSA) is 90.6 Å². The van der Waals surface area contributed by atoms with Crippen LogP contribution in [0.3, 0.4) is 0 Å². The zero-order valence-electron chi connectivity index (χ0n) is 14.7. The minimum Gasteiger partial charge on any atom is -0.454 e. The number of amides is 1. The van der Waals surface area contributed by atoms with Crippen molar-refractivity contribution >= 4 is 34.3 Å². The standard InChI is InChI=1S/C19H15N5O3S/c25-17(20-8-12-5-6-15-16(7-12)27-11-26-15)9-28-19-18-23-21-10-24(18)14-4-2-1-3-13(14)22-19/h1-7,10H,8-9,11H2,(H,20,25). The molecule has 8 nitrogen and oxygen atoms in total. The van der Waals surface area contributed by atoms with Crippen molar-refractivity contribution in [2.24, 2.45) is 0 Å². The second-order valence-corrected chi connectivity index (χ2v) is 7.15. The van der Waals surface area contributed by atoms with Crippen LogP contribution < -0.4 is 14.8 Å². The average Bonchev–Trinajstić information content (AvgIpc) is 3.39. The maximum absolute atomic E-state index is 12.3. The van der Waals surface area contributed by atoms with Gasteiger partial charge in [0, 0.05) is 6.54 Å². The van der Waals surface area contributed by atoms with Gasteiger partial charge < -0.3 is 14.8 Å². The van der Waals surface area contributed by atoms with Gasteiger partial charge >= 0.3 is 0 Å². The summed E-state index contributed by atoms with van der Waals surface area (Å²) in [6.07, 6.45) is 1.66. The Bertz CT molecular complexity index is 1190. The number of carbonyl (C=O) groups excluding carboxylic acids is 1. The molecule has 0 saturated carbocycles. The number of hydrogen-bond donors (Lipinski definition) is 1. The van der Waals surface area contributed by atoms with Crippen molar-refractivity contribution in [1.82, 2.24) is 24.9 Å². The number of ether oxygens (including phenoxy) is 2. The largest absolute Gasteiger partial charge is 0.454 e. The van der Waals surface area contributed by atoms with Crippen LogP contribution in [0, 0.1) is 0 Å². The fourth-order valence-corrected chi connectivity index (χ4v) is 3.81. The number of rotatable bonds is 5. The van der Waals surface area contributed by atoms with Crippen LogP contribution in [0.1, 0.15) is 5.56 Å². The van der Waals surface area contributed by atoms with Gasteiger partial charge in [0.15, 0.2) is 17.1 Å². The molecule has 0 bridgehead atoms. The minimum atomic E-state index is -0.0877. The highest BCUT2D eigenvalue weighted by atomic mass is 32.2. The fourth-order valence-electron chi connectivity index (χ4n) is 3.01. The third kappa shape index (κ3) is 3.09. The maximum Gasteiger partial charge on any atom is 0.231 e. The number of benzene rings is 2. The van der Waals surface area contributed by atoms with E-state index in [2.05, 4.69) is 20.5 Å². The number of aromatic nitrogens is 4. The number of hydrogen-bond acceptors (Lipinski definition) is 7. The third-order valence-corrected chi connectivity index (χ3v) is 5.32. The lowest BCUT2D eigenvalue weighted by Gasteiger charge is -2.08. The van der Waals surface area contributed by atoms with Crippen LogP contribution in [-0.4, -0.2) is 38.0 Å². The van der Waals surface area contributed by atoms with Crippen molar-refractivity contribution in [2.45, 2.75) is 11.6 Å². The molecule has 0 atom stereocenters. The van der Waals surface area contributed by atoms with E-state index < -0.39 is 0 Å². The van der Waals surface area contributed by atoms with E-state index in [-0.39, 0.29) is 18.5 Å². The first-order valence-electron chi connectivity index (χ1n) is 8.64. The number of carbonyl (C=O) groups is 1. The summed E-state index contributed by atoms with van der Waals surface area (Å²) in [5.41, 5.74) is 3.36. The monoisotopic (exact) mass is 393 g/mol. The summed E-state index contributed by atoms with van der Waals surface area (Å²) < 4.78 is 12.5. The van der Waals surface area contributed by atoms with Crippen LogP contribution >= 0.6 is 11.8 Å². The fraction of sp³-hybridized carbons (Fsp3) is 0.158. The van der Waals surface area contributed by atoms with Crippen LogP contribution in [0.25, 0.3) is 16.7 Å². The maximum atomic E-state index is 12.3. The van der Waals surface area contributed by atoms with Crippen LogP contribution in [0.2, 0.25) is 0 Å². The molecule has 9 heteroatoms. The summed E-state index contributed by atoms with van der Waals surface area (Å²) in [6.45, 7) is 0.652. The Morgan fingerprint density at radius 2 is 2.07 bits per heavy atom. The Morgan fingerprint density at radius 1 is 1.18 bits per heavy atom. The molecule has 140 valence electrons. The minimum absolute atomic E-state index is 0.0877. The van der Waals surface area contributed by atoms with E-state index in [1.54, 1.807) is 6.33 Å². The molecule has 0 fully saturated rings. The molecular weight excluding hydrogens is 378 g/mol. The third-order valence-electron chi connectivity index (χ3n) is 4.37. The van der Waals surface area contributed by atoms with Crippen molar-refractivity contribution in [2.75, 3.05) is 12.5 Å². The van der Waals surface area contributed by atoms with Gasteiger partial charge in [0.25, 0.3) is 0 Å². The van der Waals surface area contributed by atoms with Gasteiger partial charge in [-0.25, -0.2) is 4.98 Å². The molecule has 28 heavy (non-hydrogen) atoms. The number of fused-ring (bicyclic) bond motifs is 4. The average molecular weight is 393 g/mol. The molecule has 2 aromatic carbocycles. The second-order valence-electron chi connectivity index (χ2n) is 6.18. The number of thioether (sulfide) groups is 1. The van der Waals surface area contributed by atoms with Gasteiger partial charge in [-0.2, -0.15) is 0 Å². The lowest BCUT2D eigenvalue weighted by molar-refractivity contribution is -0.118. The smallest absolute Gasteiger partial charge is 0.231 e. The summed E-state index contributed by atoms with van der Waals surface area (Å²) in [4.78, 5) is 16.9. The lowest BCUT2D eigenvalue weighted by atomic mass is 10.2. The van der Waals surface area contributed by atoms with Gasteiger partial charge in [-0.15, -0.1) is 10.2 Å². The highest BCUT2D eigenvalue weighted by Crippen LogP contribution is 2.32. The van der Waals surface area contributed by atoms with E-state index in [1.165, 1.54) is 11.8 Å². The van der Waals surface area contributed by atoms with E-state index in [0.29, 0.717) is 23.0 Å². The van der Waals surface area contributed by atoms with Crippen LogP contribution in [0.15, 0.2) is 53.8 Å². The van der Waals surface area contributed by atoms with Gasteiger partial charge in [0.2, 0.25) is 12.7 Å². The Kier molecular flexibility index (Phi) is 4.21. The van der Waals surface area contributed by atoms with E-state index in [0.717, 1.165) is 22.3 Å². The van der Waals surface area contributed by atoms with Gasteiger partial charge in [0.05, 0.1) is 16.8 Å². The van der Waals surface area contributed by atoms with E-state index in [1.807, 2.05) is 46.9 Å². The molecule has 0 radical (unpaired) electrons. The molecule has 1 N–H and O–H groups in total. The van der Waals surface area contributed by atoms with E-state index in [4.69, 9.17) is 9.47 Å². The van der Waals surface area contributed by atoms with Crippen molar-refractivity contribution in [3.63, 3.8) is 0 Å². The normalized spacial score (nSPS) is 12.6. The summed E-state index contributed by atoms with van der Waals surface area (Å²) in [7, 11) is 0. The molecule has 0 unspecified atom stereocenters. The van der Waals surface area contributed by atoms with Gasteiger partial charge in [0.1, 0.15) is 11.4 Å². The molecule has 1 aliphatic rings. The molecule has 1 amide bonds. The highest BCUT2D eigenvalue weighted by Gasteiger charge is 2.15. The second kappa shape index (κ2) is 7.01. The molecule has 1 aliphatic heterocycles. The summed E-state index contributed by atoms with van der Waals surface area (Å²) in [5.74, 6) is 1.58. The van der Waals surface area contributed by atoms with Crippen molar-refractivity contribution in [3.05, 3.63) is 54.4 Å². The number of nitrogens with one attached hydrogen (secondary N) is 1. The molecular formula is C19H15N5O3S. The van der Waals surface area contributed by atoms with Crippen molar-refractivity contribution in [3.8, 4) is 11.5 Å². The molecule has 0 saturated heterocycles. The first-order valence-corrected chi connectivity index (χ1v) is 9.63. The number of nitrogens with zero attached hydrogens (tertiary/aromatic N) is 4. The molecule has 4 aromatic rings. The Hall–Kier alpha value is -3.33. The summed E-state index contributed by atoms with van der Waals surface area (Å²) in [6, 6.07) is 13.4. The Balaban J connectivity index is 1.27. The zero-order valence-corrected chi connectivity index (χ0v) is 15.5. The summed E-state index contributed by atoms with van der Waals surface area (Å²) in [5, 5.41) is 11.7. The summed E-state index contributed by atoms with van der Waals surface area (Å²) >= 11 is 1.34. The van der Waals surface area contributed by atoms with E-state index >= 15 is 0 Å². The molecule has 2 aromatic heterocycles. The molecule has 0 spiro atoms. The van der Waals surface area contributed by atoms with Crippen LogP contribution in [0.5, 0.6) is 11.5 Å². The van der Waals surface area contributed by atoms with Crippen molar-refractivity contribution < 1.29 is 14.3 Å². The quantitative estimate of drug-likeness (QED) is 0.521. The Morgan fingerprint density at radius 3 is 3.04 bits per heavy atom.